The summed E-state index contributed by atoms with van der Waals surface area (Å²) in [5, 5.41) is 1.15. The van der Waals surface area contributed by atoms with Gasteiger partial charge in [0, 0.05) is 16.1 Å². The van der Waals surface area contributed by atoms with Crippen LogP contribution in [0, 0.1) is 0 Å². The quantitative estimate of drug-likeness (QED) is 0.286. The van der Waals surface area contributed by atoms with Crippen LogP contribution < -0.4 is 9.64 Å². The third-order valence-electron chi connectivity index (χ3n) is 5.53. The highest BCUT2D eigenvalue weighted by atomic mass is 35.5. The van der Waals surface area contributed by atoms with Crippen molar-refractivity contribution in [2.24, 2.45) is 0 Å². The molecular weight excluding hydrogens is 459 g/mol. The molecule has 0 saturated heterocycles. The van der Waals surface area contributed by atoms with Crippen molar-refractivity contribution in [1.82, 2.24) is 4.98 Å². The molecule has 0 saturated carbocycles. The van der Waals surface area contributed by atoms with Crippen LogP contribution in [0.2, 0.25) is 10.0 Å². The maximum atomic E-state index is 6.52. The molecule has 0 atom stereocenters. The molecule has 0 fully saturated rings. The molecule has 158 valence electrons. The Morgan fingerprint density at radius 3 is 2.34 bits per heavy atom. The number of methoxy groups -OCH3 is 1. The van der Waals surface area contributed by atoms with Gasteiger partial charge in [0.25, 0.3) is 0 Å². The minimum Gasteiger partial charge on any atom is -0.497 e. The lowest BCUT2D eigenvalue weighted by atomic mass is 9.97. The predicted molar refractivity (Wildman–Crippen MR) is 136 cm³/mol. The fraction of sp³-hybridized carbons (Fsp3) is 0.0769. The molecule has 0 spiro atoms. The topological polar surface area (TPSA) is 25.4 Å². The summed E-state index contributed by atoms with van der Waals surface area (Å²) in [5.41, 5.74) is 6.74. The van der Waals surface area contributed by atoms with E-state index in [1.165, 1.54) is 0 Å². The van der Waals surface area contributed by atoms with Crippen molar-refractivity contribution in [1.29, 1.82) is 0 Å². The fourth-order valence-corrected chi connectivity index (χ4v) is 4.86. The summed E-state index contributed by atoms with van der Waals surface area (Å²) in [6.45, 7) is 0.541. The van der Waals surface area contributed by atoms with Crippen molar-refractivity contribution in [2.75, 3.05) is 12.0 Å². The van der Waals surface area contributed by atoms with Crippen LogP contribution in [0.5, 0.6) is 5.75 Å². The molecule has 0 N–H and O–H groups in total. The van der Waals surface area contributed by atoms with E-state index in [0.717, 1.165) is 45.1 Å². The van der Waals surface area contributed by atoms with E-state index in [-0.39, 0.29) is 0 Å². The molecular formula is C26H18Cl2N2OS. The third-order valence-corrected chi connectivity index (χ3v) is 6.49. The third kappa shape index (κ3) is 3.75. The van der Waals surface area contributed by atoms with Gasteiger partial charge in [0.15, 0.2) is 0 Å². The SMILES string of the molecule is COc1ccc(-c2cc(-c3ccccc3)nc3c2C(=S)N(c2ccc(Cl)cc2Cl)C3)cc1. The van der Waals surface area contributed by atoms with Gasteiger partial charge in [0.1, 0.15) is 10.7 Å². The van der Waals surface area contributed by atoms with Crippen LogP contribution >= 0.6 is 35.4 Å². The number of anilines is 1. The molecule has 0 radical (unpaired) electrons. The smallest absolute Gasteiger partial charge is 0.118 e. The van der Waals surface area contributed by atoms with Crippen molar-refractivity contribution in [3.8, 4) is 28.1 Å². The zero-order valence-corrected chi connectivity index (χ0v) is 19.5. The number of aromatic nitrogens is 1. The van der Waals surface area contributed by atoms with E-state index in [2.05, 4.69) is 18.2 Å². The first-order valence-corrected chi connectivity index (χ1v) is 11.2. The molecule has 2 heterocycles. The van der Waals surface area contributed by atoms with Gasteiger partial charge in [-0.25, -0.2) is 0 Å². The van der Waals surface area contributed by atoms with Crippen LogP contribution in [0.4, 0.5) is 5.69 Å². The number of pyridine rings is 1. The van der Waals surface area contributed by atoms with Crippen LogP contribution in [0.15, 0.2) is 78.9 Å². The molecule has 0 unspecified atom stereocenters. The van der Waals surface area contributed by atoms with Crippen molar-refractivity contribution >= 4 is 46.1 Å². The highest BCUT2D eigenvalue weighted by Gasteiger charge is 2.31. The van der Waals surface area contributed by atoms with Gasteiger partial charge in [-0.05, 0) is 47.5 Å². The summed E-state index contributed by atoms with van der Waals surface area (Å²) in [5.74, 6) is 0.805. The first-order chi connectivity index (χ1) is 15.5. The molecule has 1 aromatic heterocycles. The predicted octanol–water partition coefficient (Wildman–Crippen LogP) is 7.43. The average Bonchev–Trinajstić information content (AvgIpc) is 3.15. The molecule has 4 aromatic rings. The van der Waals surface area contributed by atoms with E-state index in [1.807, 2.05) is 59.5 Å². The number of fused-ring (bicyclic) bond motifs is 1. The average molecular weight is 477 g/mol. The second kappa shape index (κ2) is 8.55. The lowest BCUT2D eigenvalue weighted by Gasteiger charge is -2.19. The maximum Gasteiger partial charge on any atom is 0.118 e. The van der Waals surface area contributed by atoms with Gasteiger partial charge in [-0.15, -0.1) is 0 Å². The van der Waals surface area contributed by atoms with Gasteiger partial charge in [-0.3, -0.25) is 4.98 Å². The highest BCUT2D eigenvalue weighted by Crippen LogP contribution is 2.40. The summed E-state index contributed by atoms with van der Waals surface area (Å²) in [6.07, 6.45) is 0. The molecule has 3 aromatic carbocycles. The minimum atomic E-state index is 0.541. The second-order valence-corrected chi connectivity index (χ2v) is 8.69. The van der Waals surface area contributed by atoms with Crippen molar-refractivity contribution in [3.05, 3.63) is 100 Å². The van der Waals surface area contributed by atoms with E-state index in [0.29, 0.717) is 21.6 Å². The molecule has 0 amide bonds. The van der Waals surface area contributed by atoms with E-state index in [9.17, 15) is 0 Å². The van der Waals surface area contributed by atoms with E-state index in [4.69, 9.17) is 45.1 Å². The van der Waals surface area contributed by atoms with Gasteiger partial charge >= 0.3 is 0 Å². The zero-order valence-electron chi connectivity index (χ0n) is 17.2. The Morgan fingerprint density at radius 1 is 0.906 bits per heavy atom. The van der Waals surface area contributed by atoms with Gasteiger partial charge in [-0.2, -0.15) is 0 Å². The monoisotopic (exact) mass is 476 g/mol. The van der Waals surface area contributed by atoms with Crippen LogP contribution in [0.1, 0.15) is 11.3 Å². The van der Waals surface area contributed by atoms with Gasteiger partial charge in [-0.1, -0.05) is 77.9 Å². The number of benzene rings is 3. The Bertz CT molecular complexity index is 1320. The summed E-state index contributed by atoms with van der Waals surface area (Å²) in [4.78, 5) is 7.71. The lowest BCUT2D eigenvalue weighted by molar-refractivity contribution is 0.415. The molecule has 32 heavy (non-hydrogen) atoms. The van der Waals surface area contributed by atoms with Crippen LogP contribution in [-0.4, -0.2) is 17.1 Å². The Balaban J connectivity index is 1.67. The van der Waals surface area contributed by atoms with Gasteiger partial charge in [0.05, 0.1) is 35.8 Å². The molecule has 1 aliphatic heterocycles. The standard InChI is InChI=1S/C26H18Cl2N2OS/c1-31-19-10-7-16(8-11-19)20-14-22(17-5-3-2-4-6-17)29-23-15-30(26(32)25(20)23)24-12-9-18(27)13-21(24)28/h2-14H,15H2,1H3. The molecule has 6 heteroatoms. The molecule has 0 bridgehead atoms. The van der Waals surface area contributed by atoms with E-state index >= 15 is 0 Å². The molecule has 5 rings (SSSR count). The Hall–Kier alpha value is -2.92. The first-order valence-electron chi connectivity index (χ1n) is 10.1. The number of nitrogens with zero attached hydrogens (tertiary/aromatic N) is 2. The van der Waals surface area contributed by atoms with Gasteiger partial charge in [0.2, 0.25) is 0 Å². The molecule has 3 nitrogen and oxygen atoms in total. The zero-order chi connectivity index (χ0) is 22.2. The Kier molecular flexibility index (Phi) is 5.60. The largest absolute Gasteiger partial charge is 0.497 e. The number of thiocarbonyl (C=S) groups is 1. The van der Waals surface area contributed by atoms with E-state index in [1.54, 1.807) is 13.2 Å². The van der Waals surface area contributed by atoms with E-state index < -0.39 is 0 Å². The molecule has 0 aliphatic carbocycles. The number of hydrogen-bond donors (Lipinski definition) is 0. The Labute approximate surface area is 202 Å². The Morgan fingerprint density at radius 2 is 1.66 bits per heavy atom. The van der Waals surface area contributed by atoms with Crippen molar-refractivity contribution in [3.63, 3.8) is 0 Å². The second-order valence-electron chi connectivity index (χ2n) is 7.46. The summed E-state index contributed by atoms with van der Waals surface area (Å²) < 4.78 is 5.34. The summed E-state index contributed by atoms with van der Waals surface area (Å²) in [6, 6.07) is 25.7. The number of rotatable bonds is 4. The summed E-state index contributed by atoms with van der Waals surface area (Å²) in [7, 11) is 1.66. The van der Waals surface area contributed by atoms with Crippen molar-refractivity contribution < 1.29 is 4.74 Å². The van der Waals surface area contributed by atoms with Gasteiger partial charge < -0.3 is 9.64 Å². The summed E-state index contributed by atoms with van der Waals surface area (Å²) >= 11 is 18.6. The fourth-order valence-electron chi connectivity index (χ4n) is 3.96. The van der Waals surface area contributed by atoms with Crippen LogP contribution in [0.3, 0.4) is 0 Å². The van der Waals surface area contributed by atoms with Crippen LogP contribution in [-0.2, 0) is 6.54 Å². The van der Waals surface area contributed by atoms with Crippen molar-refractivity contribution in [2.45, 2.75) is 6.54 Å². The lowest BCUT2D eigenvalue weighted by Crippen LogP contribution is -2.22. The number of ether oxygens (including phenoxy) is 1. The number of halogens is 2. The van der Waals surface area contributed by atoms with Crippen LogP contribution in [0.25, 0.3) is 22.4 Å². The maximum absolute atomic E-state index is 6.52. The number of hydrogen-bond acceptors (Lipinski definition) is 3. The normalized spacial score (nSPS) is 12.7. The minimum absolute atomic E-state index is 0.541. The highest BCUT2D eigenvalue weighted by molar-refractivity contribution is 7.81. The molecule has 1 aliphatic rings. The first kappa shape index (κ1) is 21.0.